The number of carbonyl (C=O) groups excluding carboxylic acids is 3. The Bertz CT molecular complexity index is 916. The zero-order valence-corrected chi connectivity index (χ0v) is 39.8. The van der Waals surface area contributed by atoms with Crippen LogP contribution in [0.25, 0.3) is 0 Å². The third-order valence-corrected chi connectivity index (χ3v) is 11.8. The van der Waals surface area contributed by atoms with Crippen molar-refractivity contribution >= 4 is 17.9 Å². The summed E-state index contributed by atoms with van der Waals surface area (Å²) < 4.78 is 16.7. The molecule has 0 aliphatic rings. The van der Waals surface area contributed by atoms with Gasteiger partial charge in [-0.2, -0.15) is 0 Å². The molecular formula is C53H100O6. The first-order valence-corrected chi connectivity index (χ1v) is 26.2. The Morgan fingerprint density at radius 2 is 0.559 bits per heavy atom. The third kappa shape index (κ3) is 47.1. The summed E-state index contributed by atoms with van der Waals surface area (Å²) in [7, 11) is 0. The first-order chi connectivity index (χ1) is 29.0. The standard InChI is InChI=1S/C53H100O6/c1-4-7-10-13-16-18-20-22-24-25-26-27-28-29-30-32-33-35-37-40-43-46-52(55)58-49-50(48-57-51(54)45-42-39-15-12-9-6-3)59-53(56)47-44-41-38-36-34-31-23-21-19-17-14-11-8-5-2/h21,23,50H,4-20,22,24-49H2,1-3H3/b23-21-. The van der Waals surface area contributed by atoms with Gasteiger partial charge in [-0.25, -0.2) is 0 Å². The second-order valence-corrected chi connectivity index (χ2v) is 17.8. The van der Waals surface area contributed by atoms with Gasteiger partial charge in [0.25, 0.3) is 0 Å². The Kier molecular flexibility index (Phi) is 47.3. The van der Waals surface area contributed by atoms with Gasteiger partial charge in [0.15, 0.2) is 6.10 Å². The van der Waals surface area contributed by atoms with Gasteiger partial charge in [0, 0.05) is 19.3 Å². The maximum absolute atomic E-state index is 12.7. The molecule has 1 unspecified atom stereocenters. The number of esters is 3. The van der Waals surface area contributed by atoms with E-state index in [1.807, 2.05) is 0 Å². The van der Waals surface area contributed by atoms with E-state index in [1.165, 1.54) is 186 Å². The molecule has 0 spiro atoms. The van der Waals surface area contributed by atoms with Crippen LogP contribution >= 0.6 is 0 Å². The first kappa shape index (κ1) is 57.1. The summed E-state index contributed by atoms with van der Waals surface area (Å²) >= 11 is 0. The molecule has 348 valence electrons. The van der Waals surface area contributed by atoms with Crippen LogP contribution in [-0.4, -0.2) is 37.2 Å². The van der Waals surface area contributed by atoms with Crippen LogP contribution in [0.2, 0.25) is 0 Å². The van der Waals surface area contributed by atoms with Crippen LogP contribution in [0.15, 0.2) is 12.2 Å². The topological polar surface area (TPSA) is 78.9 Å². The molecule has 59 heavy (non-hydrogen) atoms. The monoisotopic (exact) mass is 833 g/mol. The van der Waals surface area contributed by atoms with Gasteiger partial charge in [-0.3, -0.25) is 14.4 Å². The molecule has 0 aliphatic carbocycles. The van der Waals surface area contributed by atoms with Gasteiger partial charge in [-0.05, 0) is 44.9 Å². The summed E-state index contributed by atoms with van der Waals surface area (Å²) in [6.07, 6.45) is 53.7. The van der Waals surface area contributed by atoms with Gasteiger partial charge in [0.1, 0.15) is 13.2 Å². The smallest absolute Gasteiger partial charge is 0.306 e. The molecule has 0 aromatic rings. The van der Waals surface area contributed by atoms with E-state index in [0.717, 1.165) is 64.2 Å². The number of carbonyl (C=O) groups is 3. The highest BCUT2D eigenvalue weighted by molar-refractivity contribution is 5.71. The van der Waals surface area contributed by atoms with Gasteiger partial charge in [0.05, 0.1) is 0 Å². The minimum Gasteiger partial charge on any atom is -0.462 e. The summed E-state index contributed by atoms with van der Waals surface area (Å²) in [6.45, 7) is 6.60. The molecule has 0 radical (unpaired) electrons. The number of allylic oxidation sites excluding steroid dienone is 2. The van der Waals surface area contributed by atoms with E-state index >= 15 is 0 Å². The minimum atomic E-state index is -0.766. The number of rotatable bonds is 48. The molecule has 6 nitrogen and oxygen atoms in total. The fourth-order valence-electron chi connectivity index (χ4n) is 7.79. The van der Waals surface area contributed by atoms with Crippen molar-refractivity contribution in [1.29, 1.82) is 0 Å². The molecule has 0 aromatic heterocycles. The van der Waals surface area contributed by atoms with E-state index in [0.29, 0.717) is 19.3 Å². The summed E-state index contributed by atoms with van der Waals surface area (Å²) in [4.78, 5) is 37.7. The Hall–Kier alpha value is -1.85. The summed E-state index contributed by atoms with van der Waals surface area (Å²) in [5.41, 5.74) is 0. The average molecular weight is 833 g/mol. The van der Waals surface area contributed by atoms with Crippen molar-refractivity contribution < 1.29 is 28.6 Å². The average Bonchev–Trinajstić information content (AvgIpc) is 3.23. The molecule has 0 bridgehead atoms. The number of hydrogen-bond donors (Lipinski definition) is 0. The lowest BCUT2D eigenvalue weighted by Crippen LogP contribution is -2.30. The van der Waals surface area contributed by atoms with Crippen LogP contribution in [0.5, 0.6) is 0 Å². The van der Waals surface area contributed by atoms with E-state index in [4.69, 9.17) is 14.2 Å². The molecule has 0 N–H and O–H groups in total. The van der Waals surface area contributed by atoms with Crippen LogP contribution in [0.4, 0.5) is 0 Å². The van der Waals surface area contributed by atoms with Gasteiger partial charge in [-0.15, -0.1) is 0 Å². The highest BCUT2D eigenvalue weighted by Crippen LogP contribution is 2.16. The van der Waals surface area contributed by atoms with Crippen LogP contribution in [0, 0.1) is 0 Å². The van der Waals surface area contributed by atoms with Gasteiger partial charge in [-0.1, -0.05) is 238 Å². The van der Waals surface area contributed by atoms with Crippen LogP contribution in [0.1, 0.15) is 290 Å². The first-order valence-electron chi connectivity index (χ1n) is 26.2. The molecule has 1 atom stereocenters. The second kappa shape index (κ2) is 48.8. The van der Waals surface area contributed by atoms with Crippen LogP contribution < -0.4 is 0 Å². The molecule has 0 aliphatic heterocycles. The van der Waals surface area contributed by atoms with Gasteiger partial charge < -0.3 is 14.2 Å². The van der Waals surface area contributed by atoms with Crippen LogP contribution in [0.3, 0.4) is 0 Å². The van der Waals surface area contributed by atoms with Crippen LogP contribution in [-0.2, 0) is 28.6 Å². The zero-order valence-electron chi connectivity index (χ0n) is 39.8. The largest absolute Gasteiger partial charge is 0.462 e. The minimum absolute atomic E-state index is 0.0691. The maximum Gasteiger partial charge on any atom is 0.306 e. The number of ether oxygens (including phenoxy) is 3. The number of hydrogen-bond acceptors (Lipinski definition) is 6. The molecule has 0 amide bonds. The molecule has 0 aromatic carbocycles. The van der Waals surface area contributed by atoms with E-state index < -0.39 is 6.10 Å². The fourth-order valence-corrected chi connectivity index (χ4v) is 7.79. The molecule has 0 saturated heterocycles. The highest BCUT2D eigenvalue weighted by Gasteiger charge is 2.19. The van der Waals surface area contributed by atoms with Crippen molar-refractivity contribution in [1.82, 2.24) is 0 Å². The van der Waals surface area contributed by atoms with Crippen molar-refractivity contribution in [3.8, 4) is 0 Å². The van der Waals surface area contributed by atoms with E-state index in [-0.39, 0.29) is 31.1 Å². The van der Waals surface area contributed by atoms with Gasteiger partial charge in [0.2, 0.25) is 0 Å². The van der Waals surface area contributed by atoms with E-state index in [9.17, 15) is 14.4 Å². The van der Waals surface area contributed by atoms with E-state index in [1.54, 1.807) is 0 Å². The predicted octanol–water partition coefficient (Wildman–Crippen LogP) is 17.0. The predicted molar refractivity (Wildman–Crippen MR) is 252 cm³/mol. The number of unbranched alkanes of at least 4 members (excludes halogenated alkanes) is 35. The molecule has 0 saturated carbocycles. The second-order valence-electron chi connectivity index (χ2n) is 17.8. The normalized spacial score (nSPS) is 12.0. The quantitative estimate of drug-likeness (QED) is 0.0263. The van der Waals surface area contributed by atoms with Crippen molar-refractivity contribution in [3.63, 3.8) is 0 Å². The lowest BCUT2D eigenvalue weighted by molar-refractivity contribution is -0.167. The summed E-state index contributed by atoms with van der Waals surface area (Å²) in [5, 5.41) is 0. The summed E-state index contributed by atoms with van der Waals surface area (Å²) in [6, 6.07) is 0. The Balaban J connectivity index is 4.11. The van der Waals surface area contributed by atoms with Crippen molar-refractivity contribution in [2.75, 3.05) is 13.2 Å². The van der Waals surface area contributed by atoms with Crippen molar-refractivity contribution in [2.45, 2.75) is 297 Å². The molecule has 0 heterocycles. The lowest BCUT2D eigenvalue weighted by Gasteiger charge is -2.18. The maximum atomic E-state index is 12.7. The molecular weight excluding hydrogens is 733 g/mol. The molecule has 6 heteroatoms. The Morgan fingerprint density at radius 3 is 0.847 bits per heavy atom. The Morgan fingerprint density at radius 1 is 0.322 bits per heavy atom. The van der Waals surface area contributed by atoms with Gasteiger partial charge >= 0.3 is 17.9 Å². The Labute approximate surface area is 367 Å². The van der Waals surface area contributed by atoms with E-state index in [2.05, 4.69) is 32.9 Å². The molecule has 0 fully saturated rings. The van der Waals surface area contributed by atoms with Crippen molar-refractivity contribution in [3.05, 3.63) is 12.2 Å². The zero-order chi connectivity index (χ0) is 43.0. The summed E-state index contributed by atoms with van der Waals surface area (Å²) in [5.74, 6) is -0.873. The highest BCUT2D eigenvalue weighted by atomic mass is 16.6. The lowest BCUT2D eigenvalue weighted by atomic mass is 10.0. The SMILES string of the molecule is CCCCCCC/C=C\CCCCCCCC(=O)OC(COC(=O)CCCCCCCC)COC(=O)CCCCCCCCCCCCCCCCCCCCCCC. The third-order valence-electron chi connectivity index (χ3n) is 11.8. The fraction of sp³-hybridized carbons (Fsp3) is 0.906. The molecule has 0 rings (SSSR count). The van der Waals surface area contributed by atoms with Crippen molar-refractivity contribution in [2.24, 2.45) is 0 Å².